The second kappa shape index (κ2) is 5.76. The molecule has 1 aromatic heterocycles. The monoisotopic (exact) mass is 277 g/mol. The largest absolute Gasteiger partial charge is 0.324 e. The summed E-state index contributed by atoms with van der Waals surface area (Å²) in [6.45, 7) is 4.06. The Kier molecular flexibility index (Phi) is 4.27. The molecule has 0 spiro atoms. The van der Waals surface area contributed by atoms with Crippen LogP contribution in [0.1, 0.15) is 35.5 Å². The smallest absolute Gasteiger partial charge is 0.0847 e. The van der Waals surface area contributed by atoms with Gasteiger partial charge in [-0.15, -0.1) is 0 Å². The summed E-state index contributed by atoms with van der Waals surface area (Å²) in [5.41, 5.74) is 10.7. The lowest BCUT2D eigenvalue weighted by atomic mass is 9.96. The molecule has 0 aliphatic carbocycles. The molecule has 2 N–H and O–H groups in total. The summed E-state index contributed by atoms with van der Waals surface area (Å²) in [4.78, 5) is 0. The Bertz CT molecular complexity index is 575. The molecule has 4 heteroatoms. The van der Waals surface area contributed by atoms with E-state index in [4.69, 9.17) is 17.3 Å². The van der Waals surface area contributed by atoms with Crippen LogP contribution in [0, 0.1) is 6.92 Å². The van der Waals surface area contributed by atoms with Gasteiger partial charge in [-0.25, -0.2) is 0 Å². The molecule has 0 amide bonds. The Balaban J connectivity index is 2.28. The number of aromatic nitrogens is 2. The molecule has 1 unspecified atom stereocenters. The van der Waals surface area contributed by atoms with E-state index >= 15 is 0 Å². The van der Waals surface area contributed by atoms with E-state index in [1.165, 1.54) is 11.1 Å². The fourth-order valence-corrected chi connectivity index (χ4v) is 2.68. The molecule has 0 fully saturated rings. The third-order valence-corrected chi connectivity index (χ3v) is 4.00. The van der Waals surface area contributed by atoms with Crippen molar-refractivity contribution in [3.8, 4) is 0 Å². The van der Waals surface area contributed by atoms with Crippen molar-refractivity contribution < 1.29 is 0 Å². The second-order valence-electron chi connectivity index (χ2n) is 4.83. The van der Waals surface area contributed by atoms with Crippen LogP contribution >= 0.6 is 11.6 Å². The summed E-state index contributed by atoms with van der Waals surface area (Å²) >= 11 is 6.28. The van der Waals surface area contributed by atoms with Gasteiger partial charge in [0.15, 0.2) is 0 Å². The van der Waals surface area contributed by atoms with Crippen molar-refractivity contribution in [2.24, 2.45) is 12.8 Å². The summed E-state index contributed by atoms with van der Waals surface area (Å²) in [5, 5.41) is 5.06. The fourth-order valence-electron chi connectivity index (χ4n) is 2.44. The maximum atomic E-state index is 6.35. The lowest BCUT2D eigenvalue weighted by Crippen LogP contribution is -2.17. The van der Waals surface area contributed by atoms with E-state index in [2.05, 4.69) is 30.2 Å². The fraction of sp³-hybridized carbons (Fsp3) is 0.400. The first kappa shape index (κ1) is 14.1. The SMILES string of the molecule is CCc1ccccc1C(N)Cc1c(Cl)c(C)nn1C. The van der Waals surface area contributed by atoms with Crippen LogP contribution in [0.5, 0.6) is 0 Å². The van der Waals surface area contributed by atoms with Gasteiger partial charge in [0.25, 0.3) is 0 Å². The summed E-state index contributed by atoms with van der Waals surface area (Å²) < 4.78 is 1.83. The van der Waals surface area contributed by atoms with Gasteiger partial charge in [0.2, 0.25) is 0 Å². The van der Waals surface area contributed by atoms with E-state index in [1.807, 2.05) is 24.7 Å². The zero-order valence-electron chi connectivity index (χ0n) is 11.7. The highest BCUT2D eigenvalue weighted by molar-refractivity contribution is 6.31. The van der Waals surface area contributed by atoms with E-state index in [0.717, 1.165) is 22.8 Å². The van der Waals surface area contributed by atoms with E-state index < -0.39 is 0 Å². The first-order valence-corrected chi connectivity index (χ1v) is 6.93. The van der Waals surface area contributed by atoms with Crippen LogP contribution in [0.4, 0.5) is 0 Å². The lowest BCUT2D eigenvalue weighted by molar-refractivity contribution is 0.636. The molecule has 102 valence electrons. The topological polar surface area (TPSA) is 43.8 Å². The van der Waals surface area contributed by atoms with Crippen LogP contribution < -0.4 is 5.73 Å². The second-order valence-corrected chi connectivity index (χ2v) is 5.21. The van der Waals surface area contributed by atoms with Crippen molar-refractivity contribution in [3.63, 3.8) is 0 Å². The molecule has 3 nitrogen and oxygen atoms in total. The number of nitrogens with two attached hydrogens (primary N) is 1. The average Bonchev–Trinajstić information content (AvgIpc) is 2.65. The highest BCUT2D eigenvalue weighted by Crippen LogP contribution is 2.26. The predicted molar refractivity (Wildman–Crippen MR) is 79.4 cm³/mol. The minimum Gasteiger partial charge on any atom is -0.324 e. The molecule has 1 heterocycles. The van der Waals surface area contributed by atoms with Crippen LogP contribution in [0.15, 0.2) is 24.3 Å². The lowest BCUT2D eigenvalue weighted by Gasteiger charge is -2.16. The van der Waals surface area contributed by atoms with Gasteiger partial charge in [0, 0.05) is 19.5 Å². The van der Waals surface area contributed by atoms with Crippen molar-refractivity contribution in [1.29, 1.82) is 0 Å². The number of halogens is 1. The zero-order valence-corrected chi connectivity index (χ0v) is 12.4. The van der Waals surface area contributed by atoms with Crippen LogP contribution in [-0.2, 0) is 19.9 Å². The van der Waals surface area contributed by atoms with Gasteiger partial charge in [-0.1, -0.05) is 42.8 Å². The molecule has 0 saturated heterocycles. The summed E-state index contributed by atoms with van der Waals surface area (Å²) in [5.74, 6) is 0. The Labute approximate surface area is 119 Å². The summed E-state index contributed by atoms with van der Waals surface area (Å²) in [6.07, 6.45) is 1.69. The molecule has 0 bridgehead atoms. The number of rotatable bonds is 4. The minimum absolute atomic E-state index is 0.0524. The first-order chi connectivity index (χ1) is 9.04. The molecule has 1 aromatic carbocycles. The van der Waals surface area contributed by atoms with Crippen molar-refractivity contribution in [2.75, 3.05) is 0 Å². The van der Waals surface area contributed by atoms with E-state index in [1.54, 1.807) is 0 Å². The Morgan fingerprint density at radius 2 is 2.05 bits per heavy atom. The molecule has 0 aliphatic heterocycles. The molecule has 0 radical (unpaired) electrons. The standard InChI is InChI=1S/C15H20ClN3/c1-4-11-7-5-6-8-12(11)13(17)9-14-15(16)10(2)18-19(14)3/h5-8,13H,4,9,17H2,1-3H3. The number of nitrogens with zero attached hydrogens (tertiary/aromatic N) is 2. The Hall–Kier alpha value is -1.32. The van der Waals surface area contributed by atoms with E-state index in [9.17, 15) is 0 Å². The van der Waals surface area contributed by atoms with Gasteiger partial charge in [0.05, 0.1) is 16.4 Å². The van der Waals surface area contributed by atoms with Crippen molar-refractivity contribution in [3.05, 3.63) is 51.8 Å². The van der Waals surface area contributed by atoms with Crippen LogP contribution in [0.25, 0.3) is 0 Å². The average molecular weight is 278 g/mol. The molecule has 0 saturated carbocycles. The van der Waals surface area contributed by atoms with Crippen LogP contribution in [0.3, 0.4) is 0 Å². The van der Waals surface area contributed by atoms with E-state index in [0.29, 0.717) is 6.42 Å². The number of aryl methyl sites for hydroxylation is 3. The van der Waals surface area contributed by atoms with Crippen molar-refractivity contribution in [2.45, 2.75) is 32.7 Å². The van der Waals surface area contributed by atoms with Gasteiger partial charge in [-0.05, 0) is 24.5 Å². The maximum absolute atomic E-state index is 6.35. The molecule has 1 atom stereocenters. The van der Waals surface area contributed by atoms with Crippen molar-refractivity contribution >= 4 is 11.6 Å². The number of benzene rings is 1. The quantitative estimate of drug-likeness (QED) is 0.933. The number of hydrogen-bond acceptors (Lipinski definition) is 2. The molecular weight excluding hydrogens is 258 g/mol. The Morgan fingerprint density at radius 3 is 2.63 bits per heavy atom. The van der Waals surface area contributed by atoms with Gasteiger partial charge in [-0.3, -0.25) is 4.68 Å². The molecular formula is C15H20ClN3. The number of hydrogen-bond donors (Lipinski definition) is 1. The summed E-state index contributed by atoms with van der Waals surface area (Å²) in [6, 6.07) is 8.26. The predicted octanol–water partition coefficient (Wildman–Crippen LogP) is 3.19. The van der Waals surface area contributed by atoms with Gasteiger partial charge in [0.1, 0.15) is 0 Å². The highest BCUT2D eigenvalue weighted by Gasteiger charge is 2.17. The third-order valence-electron chi connectivity index (χ3n) is 3.51. The molecule has 2 aromatic rings. The first-order valence-electron chi connectivity index (χ1n) is 6.56. The van der Waals surface area contributed by atoms with Crippen LogP contribution in [0.2, 0.25) is 5.02 Å². The van der Waals surface area contributed by atoms with Crippen LogP contribution in [-0.4, -0.2) is 9.78 Å². The molecule has 19 heavy (non-hydrogen) atoms. The summed E-state index contributed by atoms with van der Waals surface area (Å²) in [7, 11) is 1.91. The van der Waals surface area contributed by atoms with Crippen molar-refractivity contribution in [1.82, 2.24) is 9.78 Å². The molecule has 2 rings (SSSR count). The molecule has 0 aliphatic rings. The van der Waals surface area contributed by atoms with Gasteiger partial charge < -0.3 is 5.73 Å². The maximum Gasteiger partial charge on any atom is 0.0847 e. The minimum atomic E-state index is -0.0524. The highest BCUT2D eigenvalue weighted by atomic mass is 35.5. The Morgan fingerprint density at radius 1 is 1.37 bits per heavy atom. The third kappa shape index (κ3) is 2.82. The van der Waals surface area contributed by atoms with E-state index in [-0.39, 0.29) is 6.04 Å². The normalized spacial score (nSPS) is 12.7. The van der Waals surface area contributed by atoms with Gasteiger partial charge in [-0.2, -0.15) is 5.10 Å². The zero-order chi connectivity index (χ0) is 14.0. The van der Waals surface area contributed by atoms with Gasteiger partial charge >= 0.3 is 0 Å².